The summed E-state index contributed by atoms with van der Waals surface area (Å²) in [6.45, 7) is 0. The first kappa shape index (κ1) is 16.8. The Bertz CT molecular complexity index is 1250. The number of aromatic hydroxyl groups is 1. The fourth-order valence-electron chi connectivity index (χ4n) is 2.14. The zero-order valence-electron chi connectivity index (χ0n) is 12.8. The number of halogens is 1. The van der Waals surface area contributed by atoms with Crippen LogP contribution in [0.5, 0.6) is 5.88 Å². The van der Waals surface area contributed by atoms with Crippen molar-refractivity contribution in [3.8, 4) is 11.6 Å². The average Bonchev–Trinajstić information content (AvgIpc) is 2.57. The molecule has 0 bridgehead atoms. The van der Waals surface area contributed by atoms with Crippen molar-refractivity contribution < 1.29 is 9.50 Å². The number of aromatic nitrogens is 4. The Morgan fingerprint density at radius 1 is 1.08 bits per heavy atom. The molecule has 0 aliphatic heterocycles. The van der Waals surface area contributed by atoms with E-state index in [4.69, 9.17) is 0 Å². The van der Waals surface area contributed by atoms with Crippen LogP contribution in [-0.2, 0) is 0 Å². The van der Waals surface area contributed by atoms with Gasteiger partial charge in [0.15, 0.2) is 0 Å². The van der Waals surface area contributed by atoms with Crippen LogP contribution in [0.15, 0.2) is 54.6 Å². The summed E-state index contributed by atoms with van der Waals surface area (Å²) in [4.78, 5) is 56.2. The van der Waals surface area contributed by atoms with Crippen LogP contribution < -0.4 is 22.5 Å². The van der Waals surface area contributed by atoms with Crippen LogP contribution in [0, 0.1) is 5.82 Å². The number of aromatic amines is 3. The number of hydrogen-bond acceptors (Lipinski definition) is 6. The van der Waals surface area contributed by atoms with Crippen LogP contribution in [0.25, 0.3) is 5.69 Å². The summed E-state index contributed by atoms with van der Waals surface area (Å²) in [5, 5.41) is 10.3. The number of benzene rings is 1. The van der Waals surface area contributed by atoms with E-state index in [0.29, 0.717) is 4.57 Å². The monoisotopic (exact) mass is 359 g/mol. The Morgan fingerprint density at radius 2 is 1.81 bits per heavy atom. The molecular formula is C15H10FN5O5. The molecule has 3 aromatic rings. The van der Waals surface area contributed by atoms with Crippen molar-refractivity contribution in [2.45, 2.75) is 0 Å². The largest absolute Gasteiger partial charge is 0.493 e. The average molecular weight is 359 g/mol. The SMILES string of the molecule is O=c1[nH]cc(N=Cc2c(O)n(-c3ccccc3F)c(=O)[nH]c2=O)c(=O)[nH]1. The predicted molar refractivity (Wildman–Crippen MR) is 89.2 cm³/mol. The van der Waals surface area contributed by atoms with Crippen molar-refractivity contribution in [3.05, 3.63) is 83.5 Å². The second kappa shape index (κ2) is 6.47. The molecular weight excluding hydrogens is 349 g/mol. The van der Waals surface area contributed by atoms with Gasteiger partial charge >= 0.3 is 11.4 Å². The number of nitrogens with zero attached hydrogens (tertiary/aromatic N) is 2. The van der Waals surface area contributed by atoms with Crippen LogP contribution in [0.3, 0.4) is 0 Å². The molecule has 0 radical (unpaired) electrons. The molecule has 0 aliphatic rings. The minimum Gasteiger partial charge on any atom is -0.493 e. The topological polar surface area (TPSA) is 153 Å². The van der Waals surface area contributed by atoms with Gasteiger partial charge in [0.05, 0.1) is 5.69 Å². The fourth-order valence-corrected chi connectivity index (χ4v) is 2.14. The Labute approximate surface area is 142 Å². The second-order valence-electron chi connectivity index (χ2n) is 5.00. The molecule has 1 aromatic carbocycles. The number of rotatable bonds is 3. The van der Waals surface area contributed by atoms with Gasteiger partial charge < -0.3 is 10.1 Å². The van der Waals surface area contributed by atoms with Crippen molar-refractivity contribution in [1.82, 2.24) is 19.5 Å². The number of para-hydroxylation sites is 1. The van der Waals surface area contributed by atoms with Crippen molar-refractivity contribution >= 4 is 11.9 Å². The van der Waals surface area contributed by atoms with E-state index in [9.17, 15) is 28.7 Å². The highest BCUT2D eigenvalue weighted by atomic mass is 19.1. The van der Waals surface area contributed by atoms with Gasteiger partial charge in [-0.2, -0.15) is 0 Å². The van der Waals surface area contributed by atoms with Crippen LogP contribution in [0.1, 0.15) is 5.56 Å². The lowest BCUT2D eigenvalue weighted by Gasteiger charge is -2.10. The van der Waals surface area contributed by atoms with E-state index in [2.05, 4.69) is 9.98 Å². The summed E-state index contributed by atoms with van der Waals surface area (Å²) in [5.41, 5.74) is -4.67. The van der Waals surface area contributed by atoms with E-state index in [-0.39, 0.29) is 11.4 Å². The molecule has 10 nitrogen and oxygen atoms in total. The first-order valence-corrected chi connectivity index (χ1v) is 7.08. The van der Waals surface area contributed by atoms with Gasteiger partial charge in [-0.05, 0) is 12.1 Å². The highest BCUT2D eigenvalue weighted by molar-refractivity contribution is 5.84. The molecule has 0 aliphatic carbocycles. The van der Waals surface area contributed by atoms with Crippen molar-refractivity contribution in [2.24, 2.45) is 4.99 Å². The lowest BCUT2D eigenvalue weighted by molar-refractivity contribution is 0.427. The maximum Gasteiger partial charge on any atom is 0.335 e. The summed E-state index contributed by atoms with van der Waals surface area (Å²) >= 11 is 0. The van der Waals surface area contributed by atoms with Crippen LogP contribution in [-0.4, -0.2) is 30.8 Å². The lowest BCUT2D eigenvalue weighted by atomic mass is 10.2. The molecule has 2 heterocycles. The van der Waals surface area contributed by atoms with Crippen molar-refractivity contribution in [1.29, 1.82) is 0 Å². The van der Waals surface area contributed by atoms with Crippen LogP contribution >= 0.6 is 0 Å². The molecule has 26 heavy (non-hydrogen) atoms. The van der Waals surface area contributed by atoms with E-state index in [1.165, 1.54) is 18.2 Å². The Balaban J connectivity index is 2.19. The third kappa shape index (κ3) is 3.00. The predicted octanol–water partition coefficient (Wildman–Crippen LogP) is -0.502. The highest BCUT2D eigenvalue weighted by Crippen LogP contribution is 2.18. The first-order chi connectivity index (χ1) is 12.4. The first-order valence-electron chi connectivity index (χ1n) is 7.08. The van der Waals surface area contributed by atoms with Gasteiger partial charge in [-0.3, -0.25) is 19.6 Å². The van der Waals surface area contributed by atoms with E-state index in [1.54, 1.807) is 0 Å². The Hall–Kier alpha value is -4.02. The van der Waals surface area contributed by atoms with Gasteiger partial charge in [0.25, 0.3) is 11.1 Å². The molecule has 0 unspecified atom stereocenters. The van der Waals surface area contributed by atoms with Gasteiger partial charge in [0, 0.05) is 12.4 Å². The maximum atomic E-state index is 13.9. The number of H-pyrrole nitrogens is 3. The molecule has 2 aromatic heterocycles. The summed E-state index contributed by atoms with van der Waals surface area (Å²) in [6.07, 6.45) is 1.81. The van der Waals surface area contributed by atoms with Gasteiger partial charge in [0.2, 0.25) is 5.88 Å². The van der Waals surface area contributed by atoms with E-state index >= 15 is 0 Å². The summed E-state index contributed by atoms with van der Waals surface area (Å²) in [7, 11) is 0. The maximum absolute atomic E-state index is 13.9. The van der Waals surface area contributed by atoms with Gasteiger partial charge in [0.1, 0.15) is 17.1 Å². The standard InChI is InChI=1S/C15H10FN5O5/c16-8-3-1-2-4-10(8)21-13(24)7(11(22)20-15(21)26)5-17-9-6-18-14(25)19-12(9)23/h1-6,24H,(H,20,22,26)(H2,18,19,23,25). The summed E-state index contributed by atoms with van der Waals surface area (Å²) in [6, 6.07) is 5.11. The molecule has 0 atom stereocenters. The zero-order valence-corrected chi connectivity index (χ0v) is 12.8. The number of nitrogens with one attached hydrogen (secondary N) is 3. The van der Waals surface area contributed by atoms with Crippen LogP contribution in [0.4, 0.5) is 10.1 Å². The third-order valence-electron chi connectivity index (χ3n) is 3.35. The Morgan fingerprint density at radius 3 is 2.50 bits per heavy atom. The fraction of sp³-hybridized carbons (Fsp3) is 0. The molecule has 4 N–H and O–H groups in total. The zero-order chi connectivity index (χ0) is 18.8. The normalized spacial score (nSPS) is 11.1. The number of hydrogen-bond donors (Lipinski definition) is 4. The van der Waals surface area contributed by atoms with E-state index in [1.807, 2.05) is 9.97 Å². The highest BCUT2D eigenvalue weighted by Gasteiger charge is 2.16. The molecule has 3 rings (SSSR count). The minimum atomic E-state index is -1.06. The van der Waals surface area contributed by atoms with Crippen molar-refractivity contribution in [2.75, 3.05) is 0 Å². The van der Waals surface area contributed by atoms with Crippen LogP contribution in [0.2, 0.25) is 0 Å². The molecule has 0 saturated carbocycles. The Kier molecular flexibility index (Phi) is 4.19. The van der Waals surface area contributed by atoms with Gasteiger partial charge in [-0.15, -0.1) is 0 Å². The van der Waals surface area contributed by atoms with Gasteiger partial charge in [-0.25, -0.2) is 23.5 Å². The molecule has 11 heteroatoms. The van der Waals surface area contributed by atoms with E-state index in [0.717, 1.165) is 18.5 Å². The molecule has 0 saturated heterocycles. The lowest BCUT2D eigenvalue weighted by Crippen LogP contribution is -2.31. The molecule has 0 spiro atoms. The quantitative estimate of drug-likeness (QED) is 0.464. The smallest absolute Gasteiger partial charge is 0.335 e. The third-order valence-corrected chi connectivity index (χ3v) is 3.35. The molecule has 0 amide bonds. The summed E-state index contributed by atoms with van der Waals surface area (Å²) < 4.78 is 14.5. The van der Waals surface area contributed by atoms with E-state index < -0.39 is 39.8 Å². The molecule has 0 fully saturated rings. The molecule has 132 valence electrons. The second-order valence-corrected chi connectivity index (χ2v) is 5.00. The van der Waals surface area contributed by atoms with Crippen molar-refractivity contribution in [3.63, 3.8) is 0 Å². The minimum absolute atomic E-state index is 0.257. The van der Waals surface area contributed by atoms with Gasteiger partial charge in [-0.1, -0.05) is 12.1 Å². The number of aliphatic imine (C=N–C) groups is 1. The summed E-state index contributed by atoms with van der Waals surface area (Å²) in [5.74, 6) is -1.68.